The smallest absolute Gasteiger partial charge is 0.265 e. The third-order valence-electron chi connectivity index (χ3n) is 3.87. The lowest BCUT2D eigenvalue weighted by Crippen LogP contribution is -2.47. The molecule has 1 aliphatic heterocycles. The predicted octanol–water partition coefficient (Wildman–Crippen LogP) is -0.878. The standard InChI is InChI=1S/C15H26N6O6S/c1-7(2)26-9-10(14(22)21-28(5,23)24)27-15(11(9)25-4)20-13-8(17-3)12(16)18-6-19-13/h6-7,9-11,15,17H,1-5H3,(H,21,22)(H3,16,18,19,20)/t9-,10+,11-,15?/m1/s1. The molecule has 4 atom stereocenters. The van der Waals surface area contributed by atoms with Gasteiger partial charge in [0.15, 0.2) is 24.0 Å². The summed E-state index contributed by atoms with van der Waals surface area (Å²) < 4.78 is 41.9. The lowest BCUT2D eigenvalue weighted by Gasteiger charge is -2.25. The largest absolute Gasteiger partial charge is 0.382 e. The van der Waals surface area contributed by atoms with E-state index >= 15 is 0 Å². The normalized spacial score (nSPS) is 24.9. The Kier molecular flexibility index (Phi) is 6.98. The molecule has 1 amide bonds. The fourth-order valence-corrected chi connectivity index (χ4v) is 3.32. The highest BCUT2D eigenvalue weighted by Crippen LogP contribution is 2.31. The van der Waals surface area contributed by atoms with Crippen molar-refractivity contribution in [2.75, 3.05) is 36.8 Å². The number of nitrogens with zero attached hydrogens (tertiary/aromatic N) is 2. The second kappa shape index (κ2) is 8.86. The summed E-state index contributed by atoms with van der Waals surface area (Å²) in [6.07, 6.45) is -1.81. The maximum Gasteiger partial charge on any atom is 0.265 e. The van der Waals surface area contributed by atoms with Crippen LogP contribution in [0.5, 0.6) is 0 Å². The SMILES string of the molecule is CNc1c(N)ncnc1NC1O[C@H](C(=O)NS(C)(=O)=O)[C@@H](OC(C)C)[C@H]1OC. The minimum absolute atomic E-state index is 0.216. The number of amides is 1. The van der Waals surface area contributed by atoms with Crippen LogP contribution in [-0.4, -0.2) is 75.3 Å². The van der Waals surface area contributed by atoms with Gasteiger partial charge in [-0.1, -0.05) is 0 Å². The maximum absolute atomic E-state index is 12.5. The fraction of sp³-hybridized carbons (Fsp3) is 0.667. The Morgan fingerprint density at radius 2 is 2.00 bits per heavy atom. The molecule has 0 aromatic carbocycles. The van der Waals surface area contributed by atoms with Gasteiger partial charge in [0.25, 0.3) is 5.91 Å². The van der Waals surface area contributed by atoms with Gasteiger partial charge in [0, 0.05) is 14.2 Å². The zero-order valence-electron chi connectivity index (χ0n) is 16.3. The third-order valence-corrected chi connectivity index (χ3v) is 4.44. The van der Waals surface area contributed by atoms with E-state index < -0.39 is 40.5 Å². The third kappa shape index (κ3) is 5.19. The molecule has 1 unspecified atom stereocenters. The first-order chi connectivity index (χ1) is 13.1. The van der Waals surface area contributed by atoms with Crippen LogP contribution in [0, 0.1) is 0 Å². The lowest BCUT2D eigenvalue weighted by atomic mass is 10.1. The molecule has 13 heteroatoms. The van der Waals surface area contributed by atoms with E-state index in [1.807, 2.05) is 4.72 Å². The number of anilines is 3. The van der Waals surface area contributed by atoms with Gasteiger partial charge in [0.1, 0.15) is 24.2 Å². The molecule has 1 aromatic heterocycles. The van der Waals surface area contributed by atoms with Crippen molar-refractivity contribution < 1.29 is 27.4 Å². The molecule has 1 aliphatic rings. The zero-order chi connectivity index (χ0) is 21.1. The molecule has 0 bridgehead atoms. The summed E-state index contributed by atoms with van der Waals surface area (Å²) in [5.74, 6) is -0.307. The van der Waals surface area contributed by atoms with Crippen molar-refractivity contribution in [1.82, 2.24) is 14.7 Å². The van der Waals surface area contributed by atoms with E-state index in [9.17, 15) is 13.2 Å². The highest BCUT2D eigenvalue weighted by molar-refractivity contribution is 7.89. The summed E-state index contributed by atoms with van der Waals surface area (Å²) in [5.41, 5.74) is 6.27. The number of nitrogens with two attached hydrogens (primary N) is 1. The van der Waals surface area contributed by atoms with Gasteiger partial charge in [-0.2, -0.15) is 0 Å². The summed E-state index contributed by atoms with van der Waals surface area (Å²) in [5, 5.41) is 5.88. The summed E-state index contributed by atoms with van der Waals surface area (Å²) in [6, 6.07) is 0. The van der Waals surface area contributed by atoms with Crippen LogP contribution in [0.2, 0.25) is 0 Å². The quantitative estimate of drug-likeness (QED) is 0.414. The number of carbonyl (C=O) groups is 1. The maximum atomic E-state index is 12.5. The number of ether oxygens (including phenoxy) is 3. The number of hydrogen-bond acceptors (Lipinski definition) is 11. The number of aromatic nitrogens is 2. The molecule has 2 rings (SSSR count). The molecule has 0 aliphatic carbocycles. The lowest BCUT2D eigenvalue weighted by molar-refractivity contribution is -0.138. The molecule has 2 heterocycles. The Hall–Kier alpha value is -2.22. The number of nitrogens with one attached hydrogen (secondary N) is 3. The van der Waals surface area contributed by atoms with E-state index in [2.05, 4.69) is 20.6 Å². The Balaban J connectivity index is 2.32. The van der Waals surface area contributed by atoms with E-state index in [4.69, 9.17) is 19.9 Å². The van der Waals surface area contributed by atoms with Crippen molar-refractivity contribution in [3.05, 3.63) is 6.33 Å². The molecular weight excluding hydrogens is 392 g/mol. The molecule has 0 saturated carbocycles. The minimum atomic E-state index is -3.77. The Morgan fingerprint density at radius 1 is 1.32 bits per heavy atom. The first-order valence-electron chi connectivity index (χ1n) is 8.47. The van der Waals surface area contributed by atoms with Gasteiger partial charge in [-0.05, 0) is 13.8 Å². The number of carbonyl (C=O) groups excluding carboxylic acids is 1. The Labute approximate surface area is 163 Å². The van der Waals surface area contributed by atoms with Gasteiger partial charge < -0.3 is 30.6 Å². The highest BCUT2D eigenvalue weighted by Gasteiger charge is 2.50. The number of nitrogen functional groups attached to an aromatic ring is 1. The van der Waals surface area contributed by atoms with Crippen LogP contribution in [0.1, 0.15) is 13.8 Å². The summed E-state index contributed by atoms with van der Waals surface area (Å²) in [6.45, 7) is 3.56. The molecule has 28 heavy (non-hydrogen) atoms. The Morgan fingerprint density at radius 3 is 2.54 bits per heavy atom. The molecule has 1 aromatic rings. The fourth-order valence-electron chi connectivity index (χ4n) is 2.84. The van der Waals surface area contributed by atoms with Crippen LogP contribution < -0.4 is 21.1 Å². The van der Waals surface area contributed by atoms with Crippen molar-refractivity contribution in [2.45, 2.75) is 44.5 Å². The average Bonchev–Trinajstić information content (AvgIpc) is 2.90. The van der Waals surface area contributed by atoms with E-state index in [-0.39, 0.29) is 11.9 Å². The monoisotopic (exact) mass is 418 g/mol. The summed E-state index contributed by atoms with van der Waals surface area (Å²) >= 11 is 0. The van der Waals surface area contributed by atoms with E-state index in [0.717, 1.165) is 6.26 Å². The van der Waals surface area contributed by atoms with Crippen molar-refractivity contribution in [1.29, 1.82) is 0 Å². The Bertz CT molecular complexity index is 804. The van der Waals surface area contributed by atoms with Crippen LogP contribution in [-0.2, 0) is 29.0 Å². The van der Waals surface area contributed by atoms with Crippen LogP contribution in [0.25, 0.3) is 0 Å². The molecule has 0 spiro atoms. The molecule has 158 valence electrons. The minimum Gasteiger partial charge on any atom is -0.382 e. The van der Waals surface area contributed by atoms with Gasteiger partial charge in [-0.3, -0.25) is 9.52 Å². The molecule has 0 radical (unpaired) electrons. The predicted molar refractivity (Wildman–Crippen MR) is 102 cm³/mol. The summed E-state index contributed by atoms with van der Waals surface area (Å²) in [4.78, 5) is 20.5. The van der Waals surface area contributed by atoms with Crippen LogP contribution in [0.3, 0.4) is 0 Å². The van der Waals surface area contributed by atoms with E-state index in [0.29, 0.717) is 11.5 Å². The molecule has 12 nitrogen and oxygen atoms in total. The topological polar surface area (TPSA) is 167 Å². The number of sulfonamides is 1. The first-order valence-corrected chi connectivity index (χ1v) is 10.4. The summed E-state index contributed by atoms with van der Waals surface area (Å²) in [7, 11) is -0.690. The second-order valence-corrected chi connectivity index (χ2v) is 8.19. The van der Waals surface area contributed by atoms with Crippen LogP contribution in [0.4, 0.5) is 17.3 Å². The van der Waals surface area contributed by atoms with Crippen molar-refractivity contribution in [2.24, 2.45) is 0 Å². The number of hydrogen-bond donors (Lipinski definition) is 4. The van der Waals surface area contributed by atoms with Gasteiger partial charge in [-0.15, -0.1) is 0 Å². The number of rotatable bonds is 8. The molecular formula is C15H26N6O6S. The van der Waals surface area contributed by atoms with Crippen LogP contribution >= 0.6 is 0 Å². The first kappa shape index (κ1) is 22.1. The van der Waals surface area contributed by atoms with Crippen LogP contribution in [0.15, 0.2) is 6.33 Å². The molecule has 1 fully saturated rings. The van der Waals surface area contributed by atoms with Crippen molar-refractivity contribution >= 4 is 33.3 Å². The second-order valence-electron chi connectivity index (χ2n) is 6.44. The van der Waals surface area contributed by atoms with Gasteiger partial charge in [0.2, 0.25) is 10.0 Å². The van der Waals surface area contributed by atoms with Gasteiger partial charge in [0.05, 0.1) is 12.4 Å². The van der Waals surface area contributed by atoms with E-state index in [1.165, 1.54) is 13.4 Å². The highest BCUT2D eigenvalue weighted by atomic mass is 32.2. The van der Waals surface area contributed by atoms with Gasteiger partial charge in [-0.25, -0.2) is 18.4 Å². The molecule has 5 N–H and O–H groups in total. The number of methoxy groups -OCH3 is 1. The average molecular weight is 418 g/mol. The van der Waals surface area contributed by atoms with Gasteiger partial charge >= 0.3 is 0 Å². The van der Waals surface area contributed by atoms with Crippen molar-refractivity contribution in [3.8, 4) is 0 Å². The van der Waals surface area contributed by atoms with Crippen molar-refractivity contribution in [3.63, 3.8) is 0 Å². The van der Waals surface area contributed by atoms with E-state index in [1.54, 1.807) is 20.9 Å². The molecule has 1 saturated heterocycles. The zero-order valence-corrected chi connectivity index (χ0v) is 17.1.